The molecule has 0 unspecified atom stereocenters. The third kappa shape index (κ3) is 7.33. The number of guanidine groups is 1. The molecule has 0 saturated heterocycles. The fourth-order valence-electron chi connectivity index (χ4n) is 3.02. The van der Waals surface area contributed by atoms with Crippen molar-refractivity contribution in [3.63, 3.8) is 0 Å². The van der Waals surface area contributed by atoms with Gasteiger partial charge in [0, 0.05) is 45.5 Å². The predicted octanol–water partition coefficient (Wildman–Crippen LogP) is 3.50. The highest BCUT2D eigenvalue weighted by Gasteiger charge is 2.21. The number of nitrogens with zero attached hydrogens (tertiary/aromatic N) is 3. The zero-order chi connectivity index (χ0) is 18.2. The van der Waals surface area contributed by atoms with E-state index >= 15 is 0 Å². The molecular weight excluding hydrogens is 451 g/mol. The second-order valence-corrected chi connectivity index (χ2v) is 7.16. The molecule has 1 aliphatic carbocycles. The number of hydrogen-bond acceptors (Lipinski definition) is 3. The molecule has 0 aromatic heterocycles. The molecule has 0 bridgehead atoms. The largest absolute Gasteiger partial charge is 0.379 e. The second kappa shape index (κ2) is 11.5. The summed E-state index contributed by atoms with van der Waals surface area (Å²) in [5.41, 5.74) is 2.51. The van der Waals surface area contributed by atoms with Crippen LogP contribution in [0.4, 0.5) is 5.69 Å². The summed E-state index contributed by atoms with van der Waals surface area (Å²) in [5, 5.41) is 3.38. The van der Waals surface area contributed by atoms with Gasteiger partial charge in [0.2, 0.25) is 0 Å². The van der Waals surface area contributed by atoms with Gasteiger partial charge in [0.15, 0.2) is 5.96 Å². The van der Waals surface area contributed by atoms with Crippen molar-refractivity contribution < 1.29 is 4.74 Å². The first-order valence-corrected chi connectivity index (χ1v) is 9.82. The van der Waals surface area contributed by atoms with E-state index in [4.69, 9.17) is 9.73 Å². The molecule has 150 valence electrons. The lowest BCUT2D eigenvalue weighted by Crippen LogP contribution is -2.40. The van der Waals surface area contributed by atoms with Crippen molar-refractivity contribution in [3.05, 3.63) is 42.0 Å². The zero-order valence-corrected chi connectivity index (χ0v) is 18.9. The molecule has 0 spiro atoms. The summed E-state index contributed by atoms with van der Waals surface area (Å²) in [4.78, 5) is 9.34. The van der Waals surface area contributed by atoms with Crippen LogP contribution < -0.4 is 10.2 Å². The molecule has 0 radical (unpaired) electrons. The van der Waals surface area contributed by atoms with E-state index in [1.165, 1.54) is 24.1 Å². The Morgan fingerprint density at radius 1 is 1.30 bits per heavy atom. The summed E-state index contributed by atoms with van der Waals surface area (Å²) in [7, 11) is 2.08. The Bertz CT molecular complexity index is 622. The number of hydrogen-bond donors (Lipinski definition) is 1. The molecule has 1 heterocycles. The highest BCUT2D eigenvalue weighted by molar-refractivity contribution is 14.0. The first-order valence-electron chi connectivity index (χ1n) is 9.82. The SMILES string of the molecule is CCNC(=NCc1cccc(N2CC=CC2)c1)N(C)CCOCC1CC1.I. The Morgan fingerprint density at radius 3 is 2.78 bits per heavy atom. The van der Waals surface area contributed by atoms with Crippen LogP contribution in [0.3, 0.4) is 0 Å². The monoisotopic (exact) mass is 484 g/mol. The molecule has 1 aliphatic heterocycles. The van der Waals surface area contributed by atoms with E-state index < -0.39 is 0 Å². The van der Waals surface area contributed by atoms with Gasteiger partial charge < -0.3 is 19.9 Å². The first-order chi connectivity index (χ1) is 12.8. The number of anilines is 1. The third-order valence-corrected chi connectivity index (χ3v) is 4.82. The van der Waals surface area contributed by atoms with Crippen molar-refractivity contribution in [2.75, 3.05) is 51.3 Å². The topological polar surface area (TPSA) is 40.1 Å². The van der Waals surface area contributed by atoms with Crippen molar-refractivity contribution in [3.8, 4) is 0 Å². The first kappa shape index (κ1) is 22.0. The molecule has 6 heteroatoms. The Kier molecular flexibility index (Phi) is 9.41. The van der Waals surface area contributed by atoms with Crippen LogP contribution in [0.5, 0.6) is 0 Å². The van der Waals surface area contributed by atoms with Crippen molar-refractivity contribution in [1.29, 1.82) is 0 Å². The van der Waals surface area contributed by atoms with Gasteiger partial charge in [0.1, 0.15) is 0 Å². The summed E-state index contributed by atoms with van der Waals surface area (Å²) >= 11 is 0. The maximum Gasteiger partial charge on any atom is 0.194 e. The van der Waals surface area contributed by atoms with Gasteiger partial charge in [0.25, 0.3) is 0 Å². The Hall–Kier alpha value is -1.28. The number of likely N-dealkylation sites (N-methyl/N-ethyl adjacent to an activating group) is 1. The van der Waals surface area contributed by atoms with Gasteiger partial charge in [-0.05, 0) is 43.4 Å². The average Bonchev–Trinajstić information content (AvgIpc) is 3.32. The second-order valence-electron chi connectivity index (χ2n) is 7.16. The molecular formula is C21H33IN4O. The number of benzene rings is 1. The molecule has 27 heavy (non-hydrogen) atoms. The molecule has 0 atom stereocenters. The summed E-state index contributed by atoms with van der Waals surface area (Å²) in [5.74, 6) is 1.76. The van der Waals surface area contributed by atoms with Crippen molar-refractivity contribution in [2.24, 2.45) is 10.9 Å². The molecule has 1 N–H and O–H groups in total. The molecule has 1 aromatic rings. The van der Waals surface area contributed by atoms with Crippen LogP contribution >= 0.6 is 24.0 Å². The van der Waals surface area contributed by atoms with Gasteiger partial charge in [-0.25, -0.2) is 4.99 Å². The van der Waals surface area contributed by atoms with Gasteiger partial charge >= 0.3 is 0 Å². The summed E-state index contributed by atoms with van der Waals surface area (Å²) in [6.07, 6.45) is 7.11. The van der Waals surface area contributed by atoms with Gasteiger partial charge in [-0.2, -0.15) is 0 Å². The minimum atomic E-state index is 0. The summed E-state index contributed by atoms with van der Waals surface area (Å²) < 4.78 is 5.76. The van der Waals surface area contributed by atoms with E-state index in [9.17, 15) is 0 Å². The molecule has 5 nitrogen and oxygen atoms in total. The summed E-state index contributed by atoms with van der Waals surface area (Å²) in [6.45, 7) is 8.19. The highest BCUT2D eigenvalue weighted by atomic mass is 127. The smallest absolute Gasteiger partial charge is 0.194 e. The molecule has 1 fully saturated rings. The Balaban J connectivity index is 0.00000261. The minimum Gasteiger partial charge on any atom is -0.379 e. The van der Waals surface area contributed by atoms with Crippen LogP contribution in [0.15, 0.2) is 41.4 Å². The maximum absolute atomic E-state index is 5.76. The van der Waals surface area contributed by atoms with Gasteiger partial charge in [-0.1, -0.05) is 24.3 Å². The van der Waals surface area contributed by atoms with Crippen molar-refractivity contribution >= 4 is 35.6 Å². The summed E-state index contributed by atoms with van der Waals surface area (Å²) in [6, 6.07) is 8.70. The fraction of sp³-hybridized carbons (Fsp3) is 0.571. The number of ether oxygens (including phenoxy) is 1. The molecule has 0 amide bonds. The van der Waals surface area contributed by atoms with Crippen LogP contribution in [0.1, 0.15) is 25.3 Å². The lowest BCUT2D eigenvalue weighted by atomic mass is 10.2. The normalized spacial score (nSPS) is 16.4. The van der Waals surface area contributed by atoms with E-state index in [1.807, 2.05) is 0 Å². The van der Waals surface area contributed by atoms with Crippen LogP contribution in [-0.4, -0.2) is 57.3 Å². The third-order valence-electron chi connectivity index (χ3n) is 4.82. The highest BCUT2D eigenvalue weighted by Crippen LogP contribution is 2.28. The van der Waals surface area contributed by atoms with Gasteiger partial charge in [-0.15, -0.1) is 24.0 Å². The lowest BCUT2D eigenvalue weighted by molar-refractivity contribution is 0.115. The molecule has 1 aromatic carbocycles. The van der Waals surface area contributed by atoms with Gasteiger partial charge in [0.05, 0.1) is 13.2 Å². The standard InChI is InChI=1S/C21H32N4O.HI/c1-3-22-21(24(2)13-14-26-17-18-9-10-18)23-16-19-7-6-8-20(15-19)25-11-4-5-12-25;/h4-8,15,18H,3,9-14,16-17H2,1-2H3,(H,22,23);1H. The van der Waals surface area contributed by atoms with E-state index in [0.29, 0.717) is 6.54 Å². The number of rotatable bonds is 9. The van der Waals surface area contributed by atoms with E-state index in [1.54, 1.807) is 0 Å². The molecule has 3 rings (SSSR count). The lowest BCUT2D eigenvalue weighted by Gasteiger charge is -2.22. The maximum atomic E-state index is 5.76. The van der Waals surface area contributed by atoms with Crippen molar-refractivity contribution in [1.82, 2.24) is 10.2 Å². The average molecular weight is 484 g/mol. The molecule has 1 saturated carbocycles. The van der Waals surface area contributed by atoms with Crippen LogP contribution in [-0.2, 0) is 11.3 Å². The van der Waals surface area contributed by atoms with Crippen molar-refractivity contribution in [2.45, 2.75) is 26.3 Å². The van der Waals surface area contributed by atoms with Gasteiger partial charge in [-0.3, -0.25) is 0 Å². The molecule has 2 aliphatic rings. The zero-order valence-electron chi connectivity index (χ0n) is 16.6. The van der Waals surface area contributed by atoms with Crippen LogP contribution in [0.2, 0.25) is 0 Å². The number of halogens is 1. The predicted molar refractivity (Wildman–Crippen MR) is 124 cm³/mol. The quantitative estimate of drug-likeness (QED) is 0.192. The minimum absolute atomic E-state index is 0. The van der Waals surface area contributed by atoms with Crippen LogP contribution in [0, 0.1) is 5.92 Å². The Morgan fingerprint density at radius 2 is 2.07 bits per heavy atom. The van der Waals surface area contributed by atoms with E-state index in [-0.39, 0.29) is 24.0 Å². The number of nitrogens with one attached hydrogen (secondary N) is 1. The fourth-order valence-corrected chi connectivity index (χ4v) is 3.02. The van der Waals surface area contributed by atoms with Crippen LogP contribution in [0.25, 0.3) is 0 Å². The van der Waals surface area contributed by atoms with E-state index in [0.717, 1.165) is 51.3 Å². The Labute approximate surface area is 180 Å². The number of aliphatic imine (C=N–C) groups is 1. The van der Waals surface area contributed by atoms with E-state index in [2.05, 4.69) is 65.5 Å².